The van der Waals surface area contributed by atoms with Crippen molar-refractivity contribution in [2.24, 2.45) is 5.92 Å². The summed E-state index contributed by atoms with van der Waals surface area (Å²) in [6.45, 7) is 7.44. The Labute approximate surface area is 183 Å². The Morgan fingerprint density at radius 3 is 2.77 bits per heavy atom. The normalized spacial score (nSPS) is 24.5. The molecule has 1 saturated heterocycles. The number of rotatable bonds is 4. The van der Waals surface area contributed by atoms with Crippen LogP contribution in [0.4, 0.5) is 0 Å². The third kappa shape index (κ3) is 3.66. The van der Waals surface area contributed by atoms with E-state index in [-0.39, 0.29) is 6.10 Å². The first-order chi connectivity index (χ1) is 14.5. The van der Waals surface area contributed by atoms with Gasteiger partial charge in [-0.15, -0.1) is 0 Å². The summed E-state index contributed by atoms with van der Waals surface area (Å²) in [5, 5.41) is 0.854. The molecule has 3 aromatic rings. The van der Waals surface area contributed by atoms with Gasteiger partial charge in [0.1, 0.15) is 5.82 Å². The lowest BCUT2D eigenvalue weighted by Gasteiger charge is -2.40. The minimum Gasteiger partial charge on any atom is -0.378 e. The van der Waals surface area contributed by atoms with Gasteiger partial charge in [0.15, 0.2) is 0 Å². The van der Waals surface area contributed by atoms with Crippen LogP contribution in [-0.4, -0.2) is 47.3 Å². The van der Waals surface area contributed by atoms with E-state index in [1.165, 1.54) is 22.2 Å². The number of benzene rings is 2. The number of methoxy groups -OCH3 is 1. The first kappa shape index (κ1) is 20.0. The molecular weight excluding hydrogens is 394 g/mol. The summed E-state index contributed by atoms with van der Waals surface area (Å²) in [7, 11) is 1.85. The zero-order valence-electron chi connectivity index (χ0n) is 18.1. The maximum absolute atomic E-state index is 6.19. The Morgan fingerprint density at radius 1 is 1.10 bits per heavy atom. The molecule has 158 valence electrons. The second-order valence-electron chi connectivity index (χ2n) is 9.10. The van der Waals surface area contributed by atoms with Gasteiger partial charge < -0.3 is 14.2 Å². The number of imidazole rings is 1. The molecule has 4 nitrogen and oxygen atoms in total. The number of halogens is 1. The Balaban J connectivity index is 1.30. The standard InChI is InChI=1S/C25H30ClN3O/c1-16-4-7-23-22(10-16)27-17(2)29(23)24-8-9-28(15-25(24)30-3)14-18-11-19-5-6-21(26)13-20(19)12-18/h4-7,10,13,18,24-25H,8-9,11-12,14-15H2,1-3H3/t18?,24-,25+/m0/s1. The van der Waals surface area contributed by atoms with Crippen molar-refractivity contribution in [3.05, 3.63) is 63.9 Å². The zero-order valence-corrected chi connectivity index (χ0v) is 18.8. The number of aryl methyl sites for hydroxylation is 2. The SMILES string of the molecule is CO[C@@H]1CN(CC2Cc3ccc(Cl)cc3C2)CC[C@@H]1n1c(C)nc2cc(C)ccc21. The molecule has 0 radical (unpaired) electrons. The fourth-order valence-electron chi connectivity index (χ4n) is 5.58. The Kier molecular flexibility index (Phi) is 5.34. The lowest BCUT2D eigenvalue weighted by molar-refractivity contribution is -0.00928. The minimum atomic E-state index is 0.175. The highest BCUT2D eigenvalue weighted by Gasteiger charge is 2.34. The molecule has 1 fully saturated rings. The van der Waals surface area contributed by atoms with Crippen molar-refractivity contribution in [2.45, 2.75) is 45.3 Å². The molecule has 1 aliphatic heterocycles. The van der Waals surface area contributed by atoms with Crippen LogP contribution in [0.2, 0.25) is 5.02 Å². The maximum Gasteiger partial charge on any atom is 0.107 e. The van der Waals surface area contributed by atoms with Gasteiger partial charge in [-0.2, -0.15) is 0 Å². The number of piperidine rings is 1. The summed E-state index contributed by atoms with van der Waals surface area (Å²) < 4.78 is 8.43. The van der Waals surface area contributed by atoms with Crippen molar-refractivity contribution in [3.8, 4) is 0 Å². The van der Waals surface area contributed by atoms with Gasteiger partial charge >= 0.3 is 0 Å². The molecule has 0 saturated carbocycles. The molecule has 2 heterocycles. The van der Waals surface area contributed by atoms with Crippen LogP contribution >= 0.6 is 11.6 Å². The molecule has 0 N–H and O–H groups in total. The maximum atomic E-state index is 6.19. The van der Waals surface area contributed by atoms with E-state index in [9.17, 15) is 0 Å². The fraction of sp³-hybridized carbons (Fsp3) is 0.480. The molecule has 1 aliphatic carbocycles. The van der Waals surface area contributed by atoms with E-state index < -0.39 is 0 Å². The van der Waals surface area contributed by atoms with Crippen LogP contribution < -0.4 is 0 Å². The van der Waals surface area contributed by atoms with Crippen LogP contribution in [0.5, 0.6) is 0 Å². The summed E-state index contributed by atoms with van der Waals surface area (Å²) in [5.74, 6) is 1.76. The molecule has 1 aromatic heterocycles. The Bertz CT molecular complexity index is 1080. The van der Waals surface area contributed by atoms with Crippen molar-refractivity contribution >= 4 is 22.6 Å². The number of nitrogens with zero attached hydrogens (tertiary/aromatic N) is 3. The number of hydrogen-bond acceptors (Lipinski definition) is 3. The van der Waals surface area contributed by atoms with Crippen LogP contribution in [0.25, 0.3) is 11.0 Å². The molecule has 0 bridgehead atoms. The summed E-state index contributed by atoms with van der Waals surface area (Å²) in [6, 6.07) is 13.3. The molecule has 3 atom stereocenters. The van der Waals surface area contributed by atoms with E-state index in [1.54, 1.807) is 0 Å². The second-order valence-corrected chi connectivity index (χ2v) is 9.53. The molecule has 0 spiro atoms. The molecule has 2 aromatic carbocycles. The topological polar surface area (TPSA) is 30.3 Å². The molecule has 2 aliphatic rings. The second kappa shape index (κ2) is 7.99. The minimum absolute atomic E-state index is 0.175. The van der Waals surface area contributed by atoms with E-state index >= 15 is 0 Å². The van der Waals surface area contributed by atoms with Gasteiger partial charge in [0.2, 0.25) is 0 Å². The molecule has 0 amide bonds. The summed E-state index contributed by atoms with van der Waals surface area (Å²) in [6.07, 6.45) is 3.56. The first-order valence-electron chi connectivity index (χ1n) is 11.0. The number of aromatic nitrogens is 2. The number of likely N-dealkylation sites (tertiary alicyclic amines) is 1. The highest BCUT2D eigenvalue weighted by molar-refractivity contribution is 6.30. The van der Waals surface area contributed by atoms with E-state index in [0.717, 1.165) is 55.3 Å². The van der Waals surface area contributed by atoms with Gasteiger partial charge in [0.05, 0.1) is 23.2 Å². The van der Waals surface area contributed by atoms with E-state index in [1.807, 2.05) is 13.2 Å². The van der Waals surface area contributed by atoms with E-state index in [4.69, 9.17) is 21.3 Å². The van der Waals surface area contributed by atoms with Crippen LogP contribution in [0.3, 0.4) is 0 Å². The Hall–Kier alpha value is -1.88. The quantitative estimate of drug-likeness (QED) is 0.592. The van der Waals surface area contributed by atoms with Gasteiger partial charge in [0.25, 0.3) is 0 Å². The van der Waals surface area contributed by atoms with Crippen LogP contribution in [0.1, 0.15) is 35.0 Å². The van der Waals surface area contributed by atoms with Crippen molar-refractivity contribution in [1.82, 2.24) is 14.5 Å². The predicted molar refractivity (Wildman–Crippen MR) is 122 cm³/mol. The van der Waals surface area contributed by atoms with E-state index in [2.05, 4.69) is 53.6 Å². The third-order valence-corrected chi connectivity index (χ3v) is 7.20. The summed E-state index contributed by atoms with van der Waals surface area (Å²) in [5.41, 5.74) is 6.47. The van der Waals surface area contributed by atoms with Gasteiger partial charge in [-0.05, 0) is 80.0 Å². The van der Waals surface area contributed by atoms with Crippen molar-refractivity contribution < 1.29 is 4.74 Å². The van der Waals surface area contributed by atoms with Gasteiger partial charge in [-0.25, -0.2) is 4.98 Å². The molecule has 1 unspecified atom stereocenters. The van der Waals surface area contributed by atoms with Crippen molar-refractivity contribution in [2.75, 3.05) is 26.7 Å². The third-order valence-electron chi connectivity index (χ3n) is 6.97. The smallest absolute Gasteiger partial charge is 0.107 e. The average molecular weight is 424 g/mol. The number of ether oxygens (including phenoxy) is 1. The first-order valence-corrected chi connectivity index (χ1v) is 11.4. The highest BCUT2D eigenvalue weighted by Crippen LogP contribution is 2.33. The van der Waals surface area contributed by atoms with Crippen molar-refractivity contribution in [1.29, 1.82) is 0 Å². The molecule has 5 rings (SSSR count). The monoisotopic (exact) mass is 423 g/mol. The average Bonchev–Trinajstić information content (AvgIpc) is 3.26. The van der Waals surface area contributed by atoms with Crippen molar-refractivity contribution in [3.63, 3.8) is 0 Å². The summed E-state index contributed by atoms with van der Waals surface area (Å²) >= 11 is 6.19. The molecule has 5 heteroatoms. The largest absolute Gasteiger partial charge is 0.378 e. The fourth-order valence-corrected chi connectivity index (χ4v) is 5.78. The lowest BCUT2D eigenvalue weighted by Crippen LogP contribution is -2.47. The van der Waals surface area contributed by atoms with Gasteiger partial charge in [0, 0.05) is 31.8 Å². The summed E-state index contributed by atoms with van der Waals surface area (Å²) in [4.78, 5) is 7.43. The predicted octanol–water partition coefficient (Wildman–Crippen LogP) is 4.98. The zero-order chi connectivity index (χ0) is 20.8. The van der Waals surface area contributed by atoms with Crippen LogP contribution in [-0.2, 0) is 17.6 Å². The van der Waals surface area contributed by atoms with Gasteiger partial charge in [-0.1, -0.05) is 23.7 Å². The number of hydrogen-bond donors (Lipinski definition) is 0. The Morgan fingerprint density at radius 2 is 1.93 bits per heavy atom. The number of fused-ring (bicyclic) bond motifs is 2. The van der Waals surface area contributed by atoms with Gasteiger partial charge in [-0.3, -0.25) is 0 Å². The lowest BCUT2D eigenvalue weighted by atomic mass is 9.98. The van der Waals surface area contributed by atoms with E-state index in [0.29, 0.717) is 12.0 Å². The molecule has 30 heavy (non-hydrogen) atoms. The van der Waals surface area contributed by atoms with Crippen LogP contribution in [0.15, 0.2) is 36.4 Å². The van der Waals surface area contributed by atoms with Crippen LogP contribution in [0, 0.1) is 19.8 Å². The highest BCUT2D eigenvalue weighted by atomic mass is 35.5. The molecular formula is C25H30ClN3O.